The van der Waals surface area contributed by atoms with Crippen LogP contribution in [0.1, 0.15) is 16.1 Å². The lowest BCUT2D eigenvalue weighted by Gasteiger charge is -2.01. The minimum absolute atomic E-state index is 0.0133. The molecule has 0 atom stereocenters. The first-order chi connectivity index (χ1) is 9.97. The molecule has 1 heterocycles. The molecular formula is C13H10ClN3O4. The Morgan fingerprint density at radius 1 is 1.33 bits per heavy atom. The second-order valence-electron chi connectivity index (χ2n) is 3.94. The van der Waals surface area contributed by atoms with Gasteiger partial charge in [0.05, 0.1) is 16.8 Å². The number of nitrogens with one attached hydrogen (secondary N) is 1. The van der Waals surface area contributed by atoms with Crippen molar-refractivity contribution in [2.75, 3.05) is 0 Å². The largest absolute Gasteiger partial charge is 0.478 e. The SMILES string of the molecule is NC(=O)NN=Cc1ccc(-c2ccc(C(=O)O)c(Cl)c2)o1. The molecular weight excluding hydrogens is 298 g/mol. The molecule has 8 heteroatoms. The smallest absolute Gasteiger partial charge is 0.337 e. The zero-order chi connectivity index (χ0) is 15.4. The molecule has 0 aliphatic carbocycles. The number of carboxylic acid groups (broad SMARTS) is 1. The summed E-state index contributed by atoms with van der Waals surface area (Å²) in [5.74, 6) is -0.233. The molecule has 0 unspecified atom stereocenters. The molecule has 0 aliphatic rings. The molecule has 1 aromatic carbocycles. The summed E-state index contributed by atoms with van der Waals surface area (Å²) in [5, 5.41) is 12.6. The number of rotatable bonds is 4. The summed E-state index contributed by atoms with van der Waals surface area (Å²) >= 11 is 5.89. The molecule has 2 aromatic rings. The summed E-state index contributed by atoms with van der Waals surface area (Å²) in [7, 11) is 0. The van der Waals surface area contributed by atoms with E-state index in [4.69, 9.17) is 26.9 Å². The molecule has 108 valence electrons. The van der Waals surface area contributed by atoms with Crippen molar-refractivity contribution < 1.29 is 19.1 Å². The van der Waals surface area contributed by atoms with E-state index in [1.807, 2.05) is 5.43 Å². The molecule has 4 N–H and O–H groups in total. The minimum Gasteiger partial charge on any atom is -0.478 e. The van der Waals surface area contributed by atoms with Crippen LogP contribution < -0.4 is 11.2 Å². The highest BCUT2D eigenvalue weighted by molar-refractivity contribution is 6.33. The van der Waals surface area contributed by atoms with Crippen LogP contribution in [0.15, 0.2) is 39.9 Å². The maximum absolute atomic E-state index is 10.9. The van der Waals surface area contributed by atoms with Gasteiger partial charge in [0.15, 0.2) is 0 Å². The van der Waals surface area contributed by atoms with Crippen LogP contribution in [0, 0.1) is 0 Å². The Bertz CT molecular complexity index is 724. The van der Waals surface area contributed by atoms with Gasteiger partial charge in [0.25, 0.3) is 0 Å². The number of furan rings is 1. The van der Waals surface area contributed by atoms with E-state index in [0.717, 1.165) is 0 Å². The van der Waals surface area contributed by atoms with Gasteiger partial charge in [0.2, 0.25) is 0 Å². The van der Waals surface area contributed by atoms with Crippen LogP contribution in [0.3, 0.4) is 0 Å². The number of amides is 2. The van der Waals surface area contributed by atoms with Crippen LogP contribution in [-0.4, -0.2) is 23.3 Å². The first kappa shape index (κ1) is 14.6. The van der Waals surface area contributed by atoms with Gasteiger partial charge in [-0.3, -0.25) is 0 Å². The molecule has 0 radical (unpaired) electrons. The lowest BCUT2D eigenvalue weighted by atomic mass is 10.1. The second-order valence-corrected chi connectivity index (χ2v) is 4.34. The minimum atomic E-state index is -1.10. The Kier molecular flexibility index (Phi) is 4.24. The van der Waals surface area contributed by atoms with Gasteiger partial charge in [-0.2, -0.15) is 5.10 Å². The molecule has 1 aromatic heterocycles. The van der Waals surface area contributed by atoms with Gasteiger partial charge in [-0.25, -0.2) is 15.0 Å². The van der Waals surface area contributed by atoms with E-state index in [9.17, 15) is 9.59 Å². The van der Waals surface area contributed by atoms with Crippen molar-refractivity contribution in [1.29, 1.82) is 0 Å². The van der Waals surface area contributed by atoms with Crippen LogP contribution in [0.25, 0.3) is 11.3 Å². The van der Waals surface area contributed by atoms with Crippen molar-refractivity contribution in [1.82, 2.24) is 5.43 Å². The number of hydrogen-bond donors (Lipinski definition) is 3. The van der Waals surface area contributed by atoms with Gasteiger partial charge in [-0.05, 0) is 24.3 Å². The number of halogens is 1. The highest BCUT2D eigenvalue weighted by atomic mass is 35.5. The van der Waals surface area contributed by atoms with Gasteiger partial charge >= 0.3 is 12.0 Å². The Balaban J connectivity index is 2.21. The average Bonchev–Trinajstić information content (AvgIpc) is 2.86. The van der Waals surface area contributed by atoms with Crippen molar-refractivity contribution >= 4 is 29.8 Å². The maximum atomic E-state index is 10.9. The van der Waals surface area contributed by atoms with Crippen molar-refractivity contribution in [3.05, 3.63) is 46.7 Å². The first-order valence-electron chi connectivity index (χ1n) is 5.69. The molecule has 0 saturated heterocycles. The second kappa shape index (κ2) is 6.10. The van der Waals surface area contributed by atoms with Crippen LogP contribution in [0.4, 0.5) is 4.79 Å². The van der Waals surface area contributed by atoms with Gasteiger partial charge in [0, 0.05) is 5.56 Å². The molecule has 0 saturated carbocycles. The summed E-state index contributed by atoms with van der Waals surface area (Å²) in [4.78, 5) is 21.3. The quantitative estimate of drug-likeness (QED) is 0.593. The third-order valence-corrected chi connectivity index (χ3v) is 2.79. The van der Waals surface area contributed by atoms with E-state index in [-0.39, 0.29) is 10.6 Å². The van der Waals surface area contributed by atoms with E-state index in [2.05, 4.69) is 5.10 Å². The van der Waals surface area contributed by atoms with Crippen LogP contribution in [-0.2, 0) is 0 Å². The number of benzene rings is 1. The van der Waals surface area contributed by atoms with E-state index >= 15 is 0 Å². The fraction of sp³-hybridized carbons (Fsp3) is 0. The van der Waals surface area contributed by atoms with Gasteiger partial charge < -0.3 is 15.3 Å². The monoisotopic (exact) mass is 307 g/mol. The Morgan fingerprint density at radius 2 is 2.10 bits per heavy atom. The fourth-order valence-corrected chi connectivity index (χ4v) is 1.84. The molecule has 0 aliphatic heterocycles. The molecule has 0 spiro atoms. The first-order valence-corrected chi connectivity index (χ1v) is 6.06. The van der Waals surface area contributed by atoms with Crippen molar-refractivity contribution in [2.24, 2.45) is 10.8 Å². The Morgan fingerprint density at radius 3 is 2.71 bits per heavy atom. The van der Waals surface area contributed by atoms with Crippen LogP contribution in [0.5, 0.6) is 0 Å². The fourth-order valence-electron chi connectivity index (χ4n) is 1.58. The van der Waals surface area contributed by atoms with Crippen molar-refractivity contribution in [2.45, 2.75) is 0 Å². The zero-order valence-electron chi connectivity index (χ0n) is 10.5. The normalized spacial score (nSPS) is 10.7. The summed E-state index contributed by atoms with van der Waals surface area (Å²) in [6.45, 7) is 0. The molecule has 0 bridgehead atoms. The lowest BCUT2D eigenvalue weighted by molar-refractivity contribution is 0.0697. The van der Waals surface area contributed by atoms with E-state index in [1.54, 1.807) is 18.2 Å². The van der Waals surface area contributed by atoms with E-state index in [0.29, 0.717) is 17.1 Å². The summed E-state index contributed by atoms with van der Waals surface area (Å²) < 4.78 is 5.46. The molecule has 2 rings (SSSR count). The predicted octanol–water partition coefficient (Wildman–Crippen LogP) is 2.30. The average molecular weight is 308 g/mol. The highest BCUT2D eigenvalue weighted by Crippen LogP contribution is 2.27. The third kappa shape index (κ3) is 3.61. The number of urea groups is 1. The van der Waals surface area contributed by atoms with E-state index in [1.165, 1.54) is 18.3 Å². The number of nitrogens with zero attached hydrogens (tertiary/aromatic N) is 1. The van der Waals surface area contributed by atoms with Crippen molar-refractivity contribution in [3.63, 3.8) is 0 Å². The number of hydrogen-bond acceptors (Lipinski definition) is 4. The summed E-state index contributed by atoms with van der Waals surface area (Å²) in [5.41, 5.74) is 7.52. The summed E-state index contributed by atoms with van der Waals surface area (Å²) in [6, 6.07) is 6.97. The Labute approximate surface area is 124 Å². The zero-order valence-corrected chi connectivity index (χ0v) is 11.3. The number of hydrazone groups is 1. The number of aromatic carboxylic acids is 1. The van der Waals surface area contributed by atoms with Gasteiger partial charge in [-0.1, -0.05) is 17.7 Å². The van der Waals surface area contributed by atoms with E-state index < -0.39 is 12.0 Å². The maximum Gasteiger partial charge on any atom is 0.337 e. The number of primary amides is 1. The number of carbonyl (C=O) groups is 2. The van der Waals surface area contributed by atoms with Gasteiger partial charge in [-0.15, -0.1) is 0 Å². The van der Waals surface area contributed by atoms with Crippen LogP contribution >= 0.6 is 11.6 Å². The highest BCUT2D eigenvalue weighted by Gasteiger charge is 2.11. The number of carbonyl (C=O) groups excluding carboxylic acids is 1. The van der Waals surface area contributed by atoms with Crippen molar-refractivity contribution in [3.8, 4) is 11.3 Å². The topological polar surface area (TPSA) is 118 Å². The van der Waals surface area contributed by atoms with Crippen LogP contribution in [0.2, 0.25) is 5.02 Å². The standard InChI is InChI=1S/C13H10ClN3O4/c14-10-5-7(1-3-9(10)12(18)19)11-4-2-8(21-11)6-16-17-13(15)20/h1-6H,(H,18,19)(H3,15,17,20). The predicted molar refractivity (Wildman–Crippen MR) is 76.4 cm³/mol. The lowest BCUT2D eigenvalue weighted by Crippen LogP contribution is -2.24. The molecule has 2 amide bonds. The third-order valence-electron chi connectivity index (χ3n) is 2.48. The number of nitrogens with two attached hydrogens (primary N) is 1. The summed E-state index contributed by atoms with van der Waals surface area (Å²) in [6.07, 6.45) is 1.28. The number of carboxylic acids is 1. The molecule has 7 nitrogen and oxygen atoms in total. The van der Waals surface area contributed by atoms with Gasteiger partial charge in [0.1, 0.15) is 11.5 Å². The molecule has 21 heavy (non-hydrogen) atoms. The Hall–Kier alpha value is -2.80. The molecule has 0 fully saturated rings.